The molecule has 0 aromatic heterocycles. The highest BCUT2D eigenvalue weighted by molar-refractivity contribution is 5.80. The van der Waals surface area contributed by atoms with E-state index in [1.807, 2.05) is 31.2 Å². The number of hydrogen-bond acceptors (Lipinski definition) is 2. The highest BCUT2D eigenvalue weighted by atomic mass is 16.4. The Kier molecular flexibility index (Phi) is 4.42. The highest BCUT2D eigenvalue weighted by Crippen LogP contribution is 2.23. The van der Waals surface area contributed by atoms with Gasteiger partial charge < -0.3 is 10.0 Å². The molecule has 2 atom stereocenters. The molecule has 0 bridgehead atoms. The molecule has 0 spiro atoms. The maximum atomic E-state index is 12.2. The third-order valence-corrected chi connectivity index (χ3v) is 4.07. The van der Waals surface area contributed by atoms with E-state index in [-0.39, 0.29) is 11.8 Å². The molecular formula is C16H21NO3. The molecule has 1 aromatic carbocycles. The maximum absolute atomic E-state index is 12.2. The van der Waals surface area contributed by atoms with Crippen LogP contribution in [-0.4, -0.2) is 35.0 Å². The van der Waals surface area contributed by atoms with Gasteiger partial charge in [0.15, 0.2) is 0 Å². The number of carboxylic acids is 1. The van der Waals surface area contributed by atoms with Crippen molar-refractivity contribution in [2.75, 3.05) is 13.1 Å². The average molecular weight is 275 g/mol. The topological polar surface area (TPSA) is 57.6 Å². The van der Waals surface area contributed by atoms with Crippen molar-refractivity contribution in [1.29, 1.82) is 0 Å². The molecule has 1 aliphatic heterocycles. The molecule has 0 unspecified atom stereocenters. The van der Waals surface area contributed by atoms with Crippen molar-refractivity contribution in [3.63, 3.8) is 0 Å². The van der Waals surface area contributed by atoms with Gasteiger partial charge in [0, 0.05) is 13.1 Å². The van der Waals surface area contributed by atoms with E-state index < -0.39 is 11.9 Å². The number of carbonyl (C=O) groups excluding carboxylic acids is 1. The summed E-state index contributed by atoms with van der Waals surface area (Å²) < 4.78 is 0. The van der Waals surface area contributed by atoms with Gasteiger partial charge in [-0.2, -0.15) is 0 Å². The van der Waals surface area contributed by atoms with Crippen LogP contribution in [0.1, 0.15) is 25.0 Å². The lowest BCUT2D eigenvalue weighted by Gasteiger charge is -2.16. The molecule has 20 heavy (non-hydrogen) atoms. The third kappa shape index (κ3) is 3.18. The number of aliphatic carboxylic acids is 1. The van der Waals surface area contributed by atoms with E-state index in [2.05, 4.69) is 6.92 Å². The number of nitrogens with zero attached hydrogens (tertiary/aromatic N) is 1. The van der Waals surface area contributed by atoms with Crippen molar-refractivity contribution >= 4 is 11.9 Å². The van der Waals surface area contributed by atoms with E-state index in [0.717, 1.165) is 12.0 Å². The maximum Gasteiger partial charge on any atom is 0.308 e. The summed E-state index contributed by atoms with van der Waals surface area (Å²) in [5.41, 5.74) is 2.24. The van der Waals surface area contributed by atoms with Crippen LogP contribution in [0.5, 0.6) is 0 Å². The number of rotatable bonds is 4. The van der Waals surface area contributed by atoms with Gasteiger partial charge >= 0.3 is 5.97 Å². The molecule has 4 nitrogen and oxygen atoms in total. The molecule has 0 radical (unpaired) electrons. The van der Waals surface area contributed by atoms with Crippen LogP contribution in [0.25, 0.3) is 0 Å². The number of benzene rings is 1. The van der Waals surface area contributed by atoms with E-state index in [0.29, 0.717) is 19.5 Å². The molecule has 1 heterocycles. The van der Waals surface area contributed by atoms with Gasteiger partial charge in [-0.05, 0) is 23.5 Å². The average Bonchev–Trinajstić information content (AvgIpc) is 2.82. The molecule has 1 aliphatic rings. The zero-order valence-corrected chi connectivity index (χ0v) is 12.0. The zero-order valence-electron chi connectivity index (χ0n) is 12.0. The summed E-state index contributed by atoms with van der Waals surface area (Å²) in [6.07, 6.45) is 1.33. The zero-order chi connectivity index (χ0) is 14.7. The normalized spacial score (nSPS) is 22.0. The Morgan fingerprint density at radius 2 is 1.80 bits per heavy atom. The van der Waals surface area contributed by atoms with Crippen LogP contribution in [0.3, 0.4) is 0 Å². The SMILES string of the molecule is CCc1ccc(CC(=O)N2C[C@@H](C)[C@H](C(=O)O)C2)cc1. The summed E-state index contributed by atoms with van der Waals surface area (Å²) in [6, 6.07) is 8.03. The summed E-state index contributed by atoms with van der Waals surface area (Å²) in [4.78, 5) is 25.0. The second kappa shape index (κ2) is 6.07. The first-order valence-corrected chi connectivity index (χ1v) is 7.09. The minimum atomic E-state index is -0.805. The molecule has 1 saturated heterocycles. The lowest BCUT2D eigenvalue weighted by atomic mass is 9.99. The molecule has 4 heteroatoms. The van der Waals surface area contributed by atoms with Crippen LogP contribution in [-0.2, 0) is 22.4 Å². The van der Waals surface area contributed by atoms with E-state index in [1.54, 1.807) is 4.90 Å². The molecule has 1 amide bonds. The summed E-state index contributed by atoms with van der Waals surface area (Å²) >= 11 is 0. The second-order valence-corrected chi connectivity index (χ2v) is 5.57. The first kappa shape index (κ1) is 14.6. The summed E-state index contributed by atoms with van der Waals surface area (Å²) in [7, 11) is 0. The van der Waals surface area contributed by atoms with E-state index in [9.17, 15) is 9.59 Å². The molecule has 1 fully saturated rings. The van der Waals surface area contributed by atoms with Crippen molar-refractivity contribution < 1.29 is 14.7 Å². The fourth-order valence-corrected chi connectivity index (χ4v) is 2.67. The van der Waals surface area contributed by atoms with Crippen molar-refractivity contribution in [1.82, 2.24) is 4.90 Å². The monoisotopic (exact) mass is 275 g/mol. The number of carbonyl (C=O) groups is 2. The van der Waals surface area contributed by atoms with Gasteiger partial charge in [0.2, 0.25) is 5.91 Å². The van der Waals surface area contributed by atoms with Crippen LogP contribution in [0.2, 0.25) is 0 Å². The molecule has 108 valence electrons. The van der Waals surface area contributed by atoms with Crippen molar-refractivity contribution in [2.24, 2.45) is 11.8 Å². The van der Waals surface area contributed by atoms with Crippen LogP contribution >= 0.6 is 0 Å². The lowest BCUT2D eigenvalue weighted by Crippen LogP contribution is -2.31. The van der Waals surface area contributed by atoms with Crippen molar-refractivity contribution in [3.8, 4) is 0 Å². The number of carboxylic acid groups (broad SMARTS) is 1. The Hall–Kier alpha value is -1.84. The minimum Gasteiger partial charge on any atom is -0.481 e. The summed E-state index contributed by atoms with van der Waals surface area (Å²) in [5, 5.41) is 9.09. The van der Waals surface area contributed by atoms with Gasteiger partial charge in [0.25, 0.3) is 0 Å². The predicted molar refractivity (Wildman–Crippen MR) is 76.4 cm³/mol. The van der Waals surface area contributed by atoms with Gasteiger partial charge in [0.1, 0.15) is 0 Å². The Bertz CT molecular complexity index is 495. The highest BCUT2D eigenvalue weighted by Gasteiger charge is 2.36. The number of amides is 1. The smallest absolute Gasteiger partial charge is 0.308 e. The summed E-state index contributed by atoms with van der Waals surface area (Å²) in [6.45, 7) is 4.87. The van der Waals surface area contributed by atoms with E-state index >= 15 is 0 Å². The standard InChI is InChI=1S/C16H21NO3/c1-3-12-4-6-13(7-5-12)8-15(18)17-9-11(2)14(10-17)16(19)20/h4-7,11,14H,3,8-10H2,1-2H3,(H,19,20)/t11-,14-/m1/s1. The largest absolute Gasteiger partial charge is 0.481 e. The molecule has 0 aliphatic carbocycles. The van der Waals surface area contributed by atoms with Crippen molar-refractivity contribution in [3.05, 3.63) is 35.4 Å². The fourth-order valence-electron chi connectivity index (χ4n) is 2.67. The molecule has 1 aromatic rings. The Morgan fingerprint density at radius 1 is 1.20 bits per heavy atom. The number of hydrogen-bond donors (Lipinski definition) is 1. The molecule has 1 N–H and O–H groups in total. The third-order valence-electron chi connectivity index (χ3n) is 4.07. The molecular weight excluding hydrogens is 254 g/mol. The van der Waals surface area contributed by atoms with E-state index in [4.69, 9.17) is 5.11 Å². The van der Waals surface area contributed by atoms with Gasteiger partial charge in [-0.3, -0.25) is 9.59 Å². The van der Waals surface area contributed by atoms with Gasteiger partial charge in [-0.25, -0.2) is 0 Å². The summed E-state index contributed by atoms with van der Waals surface area (Å²) in [5.74, 6) is -1.19. The lowest BCUT2D eigenvalue weighted by molar-refractivity contribution is -0.142. The van der Waals surface area contributed by atoms with Crippen molar-refractivity contribution in [2.45, 2.75) is 26.7 Å². The first-order valence-electron chi connectivity index (χ1n) is 7.09. The van der Waals surface area contributed by atoms with Gasteiger partial charge in [0.05, 0.1) is 12.3 Å². The predicted octanol–water partition coefficient (Wildman–Crippen LogP) is 1.97. The van der Waals surface area contributed by atoms with Crippen LogP contribution in [0, 0.1) is 11.8 Å². The Balaban J connectivity index is 1.96. The Morgan fingerprint density at radius 3 is 2.30 bits per heavy atom. The quantitative estimate of drug-likeness (QED) is 0.914. The second-order valence-electron chi connectivity index (χ2n) is 5.57. The van der Waals surface area contributed by atoms with Crippen LogP contribution < -0.4 is 0 Å². The van der Waals surface area contributed by atoms with Crippen LogP contribution in [0.4, 0.5) is 0 Å². The molecule has 0 saturated carbocycles. The number of aryl methyl sites for hydroxylation is 1. The first-order chi connectivity index (χ1) is 9.51. The minimum absolute atomic E-state index is 0.0184. The number of likely N-dealkylation sites (tertiary alicyclic amines) is 1. The fraction of sp³-hybridized carbons (Fsp3) is 0.500. The van der Waals surface area contributed by atoms with Crippen LogP contribution in [0.15, 0.2) is 24.3 Å². The van der Waals surface area contributed by atoms with E-state index in [1.165, 1.54) is 5.56 Å². The molecule has 2 rings (SSSR count). The Labute approximate surface area is 119 Å². The van der Waals surface area contributed by atoms with Gasteiger partial charge in [-0.15, -0.1) is 0 Å². The van der Waals surface area contributed by atoms with Gasteiger partial charge in [-0.1, -0.05) is 38.1 Å².